The van der Waals surface area contributed by atoms with E-state index in [2.05, 4.69) is 28.9 Å². The molecular weight excluding hydrogens is 266 g/mol. The smallest absolute Gasteiger partial charge is 0.115 e. The standard InChI is InChI=1S/C17H21NOS/c19-15-8-3-5-13(11-15)12-18-17(14-6-1-2-7-14)16-9-4-10-20-16/h3-5,8-11,14,17-19H,1-2,6-7,12H2. The Kier molecular flexibility index (Phi) is 4.38. The molecule has 0 spiro atoms. The maximum atomic E-state index is 9.55. The summed E-state index contributed by atoms with van der Waals surface area (Å²) in [4.78, 5) is 1.44. The molecule has 1 fully saturated rings. The lowest BCUT2D eigenvalue weighted by atomic mass is 9.96. The summed E-state index contributed by atoms with van der Waals surface area (Å²) in [5, 5.41) is 15.4. The highest BCUT2D eigenvalue weighted by atomic mass is 32.1. The molecule has 106 valence electrons. The van der Waals surface area contributed by atoms with E-state index >= 15 is 0 Å². The van der Waals surface area contributed by atoms with Crippen molar-refractivity contribution in [3.05, 3.63) is 52.2 Å². The molecule has 20 heavy (non-hydrogen) atoms. The minimum Gasteiger partial charge on any atom is -0.508 e. The first kappa shape index (κ1) is 13.7. The summed E-state index contributed by atoms with van der Waals surface area (Å²) in [7, 11) is 0. The number of benzene rings is 1. The van der Waals surface area contributed by atoms with Crippen LogP contribution in [0.1, 0.15) is 42.2 Å². The number of phenols is 1. The van der Waals surface area contributed by atoms with Crippen LogP contribution in [0.4, 0.5) is 0 Å². The molecule has 1 aliphatic carbocycles. The Balaban J connectivity index is 1.70. The van der Waals surface area contributed by atoms with E-state index in [9.17, 15) is 5.11 Å². The van der Waals surface area contributed by atoms with Crippen LogP contribution in [0.3, 0.4) is 0 Å². The van der Waals surface area contributed by atoms with E-state index in [1.54, 1.807) is 6.07 Å². The number of thiophene rings is 1. The third kappa shape index (κ3) is 3.22. The van der Waals surface area contributed by atoms with Crippen molar-refractivity contribution in [2.24, 2.45) is 5.92 Å². The molecule has 1 unspecified atom stereocenters. The normalized spacial score (nSPS) is 17.4. The second-order valence-electron chi connectivity index (χ2n) is 5.59. The number of rotatable bonds is 5. The summed E-state index contributed by atoms with van der Waals surface area (Å²) >= 11 is 1.84. The molecule has 1 heterocycles. The van der Waals surface area contributed by atoms with E-state index in [4.69, 9.17) is 0 Å². The molecule has 2 aromatic rings. The van der Waals surface area contributed by atoms with Crippen molar-refractivity contribution >= 4 is 11.3 Å². The minimum atomic E-state index is 0.345. The van der Waals surface area contributed by atoms with Crippen LogP contribution in [0.25, 0.3) is 0 Å². The quantitative estimate of drug-likeness (QED) is 0.850. The lowest BCUT2D eigenvalue weighted by Crippen LogP contribution is -2.26. The van der Waals surface area contributed by atoms with Crippen molar-refractivity contribution in [3.8, 4) is 5.75 Å². The third-order valence-corrected chi connectivity index (χ3v) is 5.11. The zero-order chi connectivity index (χ0) is 13.8. The van der Waals surface area contributed by atoms with Crippen LogP contribution >= 0.6 is 11.3 Å². The van der Waals surface area contributed by atoms with E-state index < -0.39 is 0 Å². The van der Waals surface area contributed by atoms with Crippen molar-refractivity contribution in [2.75, 3.05) is 0 Å². The molecule has 1 aromatic heterocycles. The number of nitrogens with one attached hydrogen (secondary N) is 1. The summed E-state index contributed by atoms with van der Waals surface area (Å²) < 4.78 is 0. The highest BCUT2D eigenvalue weighted by molar-refractivity contribution is 7.10. The monoisotopic (exact) mass is 287 g/mol. The Bertz CT molecular complexity index is 532. The largest absolute Gasteiger partial charge is 0.508 e. The molecule has 0 radical (unpaired) electrons. The van der Waals surface area contributed by atoms with E-state index in [1.807, 2.05) is 23.5 Å². The maximum Gasteiger partial charge on any atom is 0.115 e. The Hall–Kier alpha value is -1.32. The molecule has 1 aromatic carbocycles. The van der Waals surface area contributed by atoms with Gasteiger partial charge in [-0.3, -0.25) is 0 Å². The maximum absolute atomic E-state index is 9.55. The van der Waals surface area contributed by atoms with Gasteiger partial charge in [-0.15, -0.1) is 11.3 Å². The summed E-state index contributed by atoms with van der Waals surface area (Å²) in [5.74, 6) is 1.10. The Morgan fingerprint density at radius 2 is 2.05 bits per heavy atom. The third-order valence-electron chi connectivity index (χ3n) is 4.16. The molecule has 0 bridgehead atoms. The highest BCUT2D eigenvalue weighted by Crippen LogP contribution is 2.37. The Labute approximate surface area is 124 Å². The van der Waals surface area contributed by atoms with E-state index in [1.165, 1.54) is 30.6 Å². The van der Waals surface area contributed by atoms with Crippen molar-refractivity contribution in [1.29, 1.82) is 0 Å². The topological polar surface area (TPSA) is 32.3 Å². The first-order valence-corrected chi connectivity index (χ1v) is 8.25. The highest BCUT2D eigenvalue weighted by Gasteiger charge is 2.26. The van der Waals surface area contributed by atoms with Gasteiger partial charge in [0.25, 0.3) is 0 Å². The van der Waals surface area contributed by atoms with E-state index in [-0.39, 0.29) is 0 Å². The molecule has 0 saturated heterocycles. The van der Waals surface area contributed by atoms with Gasteiger partial charge in [0, 0.05) is 17.5 Å². The van der Waals surface area contributed by atoms with Crippen LogP contribution in [-0.2, 0) is 6.54 Å². The molecule has 2 N–H and O–H groups in total. The van der Waals surface area contributed by atoms with Gasteiger partial charge in [0.1, 0.15) is 5.75 Å². The summed E-state index contributed by atoms with van der Waals surface area (Å²) in [6.07, 6.45) is 5.38. The number of hydrogen-bond acceptors (Lipinski definition) is 3. The van der Waals surface area contributed by atoms with Crippen molar-refractivity contribution < 1.29 is 5.11 Å². The Morgan fingerprint density at radius 1 is 1.20 bits per heavy atom. The van der Waals surface area contributed by atoms with Gasteiger partial charge in [-0.05, 0) is 47.9 Å². The SMILES string of the molecule is Oc1cccc(CNC(c2cccs2)C2CCCC2)c1. The van der Waals surface area contributed by atoms with Crippen LogP contribution in [0.5, 0.6) is 5.75 Å². The van der Waals surface area contributed by atoms with Gasteiger partial charge in [-0.1, -0.05) is 31.0 Å². The molecular formula is C17H21NOS. The van der Waals surface area contributed by atoms with Crippen LogP contribution < -0.4 is 5.32 Å². The average Bonchev–Trinajstić information content (AvgIpc) is 3.12. The average molecular weight is 287 g/mol. The van der Waals surface area contributed by atoms with Crippen molar-refractivity contribution in [1.82, 2.24) is 5.32 Å². The predicted octanol–water partition coefficient (Wildman–Crippen LogP) is 4.47. The van der Waals surface area contributed by atoms with Gasteiger partial charge in [-0.2, -0.15) is 0 Å². The van der Waals surface area contributed by atoms with Crippen LogP contribution in [0, 0.1) is 5.92 Å². The van der Waals surface area contributed by atoms with E-state index in [0.717, 1.165) is 18.0 Å². The molecule has 0 amide bonds. The van der Waals surface area contributed by atoms with Gasteiger partial charge >= 0.3 is 0 Å². The van der Waals surface area contributed by atoms with Crippen molar-refractivity contribution in [2.45, 2.75) is 38.3 Å². The number of hydrogen-bond donors (Lipinski definition) is 2. The van der Waals surface area contributed by atoms with Crippen molar-refractivity contribution in [3.63, 3.8) is 0 Å². The van der Waals surface area contributed by atoms with Crippen LogP contribution in [-0.4, -0.2) is 5.11 Å². The summed E-state index contributed by atoms with van der Waals surface area (Å²) in [6.45, 7) is 0.813. The molecule has 1 saturated carbocycles. The number of phenolic OH excluding ortho intramolecular Hbond substituents is 1. The summed E-state index contributed by atoms with van der Waals surface area (Å²) in [6, 6.07) is 12.4. The lowest BCUT2D eigenvalue weighted by molar-refractivity contribution is 0.370. The fourth-order valence-corrected chi connectivity index (χ4v) is 4.05. The molecule has 0 aliphatic heterocycles. The Morgan fingerprint density at radius 3 is 2.75 bits per heavy atom. The van der Waals surface area contributed by atoms with E-state index in [0.29, 0.717) is 11.8 Å². The predicted molar refractivity (Wildman–Crippen MR) is 84.0 cm³/mol. The second-order valence-corrected chi connectivity index (χ2v) is 6.57. The first-order chi connectivity index (χ1) is 9.83. The minimum absolute atomic E-state index is 0.345. The molecule has 1 aliphatic rings. The molecule has 3 heteroatoms. The first-order valence-electron chi connectivity index (χ1n) is 7.37. The fourth-order valence-electron chi connectivity index (χ4n) is 3.15. The summed E-state index contributed by atoms with van der Waals surface area (Å²) in [5.41, 5.74) is 1.14. The second kappa shape index (κ2) is 6.42. The molecule has 2 nitrogen and oxygen atoms in total. The molecule has 1 atom stereocenters. The number of aromatic hydroxyl groups is 1. The van der Waals surface area contributed by atoms with Gasteiger partial charge in [0.15, 0.2) is 0 Å². The van der Waals surface area contributed by atoms with Gasteiger partial charge in [-0.25, -0.2) is 0 Å². The van der Waals surface area contributed by atoms with Crippen LogP contribution in [0.15, 0.2) is 41.8 Å². The lowest BCUT2D eigenvalue weighted by Gasteiger charge is -2.24. The zero-order valence-electron chi connectivity index (χ0n) is 11.6. The zero-order valence-corrected chi connectivity index (χ0v) is 12.4. The van der Waals surface area contributed by atoms with Crippen LogP contribution in [0.2, 0.25) is 0 Å². The fraction of sp³-hybridized carbons (Fsp3) is 0.412. The van der Waals surface area contributed by atoms with Gasteiger partial charge in [0.2, 0.25) is 0 Å². The van der Waals surface area contributed by atoms with Gasteiger partial charge in [0.05, 0.1) is 0 Å². The molecule has 3 rings (SSSR count). The van der Waals surface area contributed by atoms with Gasteiger partial charge < -0.3 is 10.4 Å².